The molecule has 0 bridgehead atoms. The third-order valence-corrected chi connectivity index (χ3v) is 6.40. The van der Waals surface area contributed by atoms with Crippen molar-refractivity contribution in [2.45, 2.75) is 25.8 Å². The van der Waals surface area contributed by atoms with Gasteiger partial charge in [0.1, 0.15) is 0 Å². The number of morpholine rings is 1. The van der Waals surface area contributed by atoms with Gasteiger partial charge in [-0.05, 0) is 43.3 Å². The van der Waals surface area contributed by atoms with E-state index in [9.17, 15) is 0 Å². The summed E-state index contributed by atoms with van der Waals surface area (Å²) in [5.74, 6) is 1.52. The van der Waals surface area contributed by atoms with Crippen LogP contribution in [-0.4, -0.2) is 81.8 Å². The van der Waals surface area contributed by atoms with Crippen molar-refractivity contribution in [3.63, 3.8) is 0 Å². The molecule has 0 aromatic carbocycles. The number of rotatable bonds is 8. The van der Waals surface area contributed by atoms with E-state index in [1.807, 2.05) is 18.4 Å². The number of hydrogen-bond donors (Lipinski definition) is 2. The van der Waals surface area contributed by atoms with Gasteiger partial charge in [0.2, 0.25) is 0 Å². The number of ether oxygens (including phenoxy) is 1. The third kappa shape index (κ3) is 6.45. The van der Waals surface area contributed by atoms with Crippen LogP contribution >= 0.6 is 11.3 Å². The molecular weight excluding hydrogens is 358 g/mol. The van der Waals surface area contributed by atoms with Gasteiger partial charge in [0, 0.05) is 44.6 Å². The summed E-state index contributed by atoms with van der Waals surface area (Å²) in [7, 11) is 1.86. The van der Waals surface area contributed by atoms with E-state index in [2.05, 4.69) is 49.9 Å². The number of guanidine groups is 1. The molecule has 0 radical (unpaired) electrons. The quantitative estimate of drug-likeness (QED) is 0.523. The lowest BCUT2D eigenvalue weighted by Gasteiger charge is -2.34. The van der Waals surface area contributed by atoms with Gasteiger partial charge in [-0.3, -0.25) is 9.89 Å². The summed E-state index contributed by atoms with van der Waals surface area (Å²) >= 11 is 1.83. The number of hydrogen-bond acceptors (Lipinski definition) is 5. The third-order valence-electron chi connectivity index (χ3n) is 5.43. The fourth-order valence-electron chi connectivity index (χ4n) is 3.94. The van der Waals surface area contributed by atoms with E-state index in [1.165, 1.54) is 37.4 Å². The molecule has 0 amide bonds. The van der Waals surface area contributed by atoms with E-state index in [0.717, 1.165) is 45.4 Å². The number of thiophene rings is 1. The van der Waals surface area contributed by atoms with E-state index in [4.69, 9.17) is 4.74 Å². The Morgan fingerprint density at radius 3 is 2.59 bits per heavy atom. The highest BCUT2D eigenvalue weighted by molar-refractivity contribution is 7.10. The van der Waals surface area contributed by atoms with Crippen LogP contribution in [0.4, 0.5) is 0 Å². The molecule has 3 rings (SSSR count). The summed E-state index contributed by atoms with van der Waals surface area (Å²) in [5, 5.41) is 9.24. The lowest BCUT2D eigenvalue weighted by Crippen LogP contribution is -2.47. The van der Waals surface area contributed by atoms with Crippen molar-refractivity contribution in [1.82, 2.24) is 20.4 Å². The minimum atomic E-state index is 0.370. The maximum Gasteiger partial charge on any atom is 0.191 e. The average Bonchev–Trinajstić information content (AvgIpc) is 3.39. The monoisotopic (exact) mass is 393 g/mol. The predicted molar refractivity (Wildman–Crippen MR) is 114 cm³/mol. The maximum atomic E-state index is 5.53. The molecule has 2 fully saturated rings. The zero-order valence-corrected chi connectivity index (χ0v) is 17.6. The molecule has 2 aliphatic rings. The Hall–Kier alpha value is -1.15. The topological polar surface area (TPSA) is 52.1 Å². The number of aliphatic imine (C=N–C) groups is 1. The van der Waals surface area contributed by atoms with Crippen LogP contribution in [0.1, 0.15) is 30.7 Å². The largest absolute Gasteiger partial charge is 0.379 e. The van der Waals surface area contributed by atoms with Crippen LogP contribution in [0.3, 0.4) is 0 Å². The van der Waals surface area contributed by atoms with Crippen LogP contribution in [0.25, 0.3) is 0 Å². The minimum Gasteiger partial charge on any atom is -0.379 e. The van der Waals surface area contributed by atoms with Crippen LogP contribution in [0, 0.1) is 5.92 Å². The minimum absolute atomic E-state index is 0.370. The Kier molecular flexibility index (Phi) is 8.38. The molecule has 152 valence electrons. The number of nitrogens with zero attached hydrogens (tertiary/aromatic N) is 3. The normalized spacial score (nSPS) is 21.9. The van der Waals surface area contributed by atoms with E-state index < -0.39 is 0 Å². The Morgan fingerprint density at radius 2 is 1.93 bits per heavy atom. The summed E-state index contributed by atoms with van der Waals surface area (Å²) in [4.78, 5) is 10.9. The van der Waals surface area contributed by atoms with Gasteiger partial charge in [-0.1, -0.05) is 13.0 Å². The first-order valence-corrected chi connectivity index (χ1v) is 11.2. The standard InChI is InChI=1S/C20H35N5OS/c1-17(16-24-7-3-4-8-24)14-22-20(21-2)23-15-18(19-6-5-13-27-19)25-9-11-26-12-10-25/h5-6,13,17-18H,3-4,7-12,14-16H2,1-2H3,(H2,21,22,23). The van der Waals surface area contributed by atoms with Crippen molar-refractivity contribution in [2.24, 2.45) is 10.9 Å². The fourth-order valence-corrected chi connectivity index (χ4v) is 4.80. The summed E-state index contributed by atoms with van der Waals surface area (Å²) in [5.41, 5.74) is 0. The molecule has 2 N–H and O–H groups in total. The second kappa shape index (κ2) is 11.0. The Bertz CT molecular complexity index is 553. The summed E-state index contributed by atoms with van der Waals surface area (Å²) < 4.78 is 5.53. The van der Waals surface area contributed by atoms with Gasteiger partial charge in [0.15, 0.2) is 5.96 Å². The predicted octanol–water partition coefficient (Wildman–Crippen LogP) is 2.02. The first-order chi connectivity index (χ1) is 13.3. The second-order valence-corrected chi connectivity index (χ2v) is 8.61. The van der Waals surface area contributed by atoms with Crippen LogP contribution in [0.2, 0.25) is 0 Å². The van der Waals surface area contributed by atoms with Crippen molar-refractivity contribution in [3.8, 4) is 0 Å². The molecule has 2 atom stereocenters. The molecule has 1 aromatic heterocycles. The second-order valence-electron chi connectivity index (χ2n) is 7.63. The van der Waals surface area contributed by atoms with Crippen molar-refractivity contribution in [2.75, 3.05) is 66.1 Å². The lowest BCUT2D eigenvalue weighted by atomic mass is 10.1. The zero-order valence-electron chi connectivity index (χ0n) is 16.8. The van der Waals surface area contributed by atoms with Gasteiger partial charge in [-0.25, -0.2) is 0 Å². The van der Waals surface area contributed by atoms with Gasteiger partial charge < -0.3 is 20.3 Å². The van der Waals surface area contributed by atoms with E-state index >= 15 is 0 Å². The smallest absolute Gasteiger partial charge is 0.191 e. The first kappa shape index (κ1) is 20.6. The van der Waals surface area contributed by atoms with Crippen molar-refractivity contribution in [3.05, 3.63) is 22.4 Å². The van der Waals surface area contributed by atoms with Crippen LogP contribution in [0.15, 0.2) is 22.5 Å². The van der Waals surface area contributed by atoms with E-state index in [0.29, 0.717) is 12.0 Å². The van der Waals surface area contributed by atoms with Gasteiger partial charge in [0.25, 0.3) is 0 Å². The molecule has 0 saturated carbocycles. The van der Waals surface area contributed by atoms with Crippen LogP contribution in [-0.2, 0) is 4.74 Å². The summed E-state index contributed by atoms with van der Waals surface area (Å²) in [6.45, 7) is 11.5. The highest BCUT2D eigenvalue weighted by atomic mass is 32.1. The van der Waals surface area contributed by atoms with Crippen molar-refractivity contribution >= 4 is 17.3 Å². The molecular formula is C20H35N5OS. The highest BCUT2D eigenvalue weighted by Crippen LogP contribution is 2.25. The number of likely N-dealkylation sites (tertiary alicyclic amines) is 1. The van der Waals surface area contributed by atoms with Gasteiger partial charge in [-0.2, -0.15) is 0 Å². The summed E-state index contributed by atoms with van der Waals surface area (Å²) in [6.07, 6.45) is 2.71. The molecule has 6 nitrogen and oxygen atoms in total. The zero-order chi connectivity index (χ0) is 18.9. The molecule has 27 heavy (non-hydrogen) atoms. The number of nitrogens with one attached hydrogen (secondary N) is 2. The molecule has 0 spiro atoms. The SMILES string of the molecule is CN=C(NCC(C)CN1CCCC1)NCC(c1cccs1)N1CCOCC1. The lowest BCUT2D eigenvalue weighted by molar-refractivity contribution is 0.0177. The maximum absolute atomic E-state index is 5.53. The van der Waals surface area contributed by atoms with Gasteiger partial charge in [-0.15, -0.1) is 11.3 Å². The van der Waals surface area contributed by atoms with E-state index in [-0.39, 0.29) is 0 Å². The van der Waals surface area contributed by atoms with Gasteiger partial charge in [0.05, 0.1) is 19.3 Å². The molecule has 0 aliphatic carbocycles. The molecule has 1 aromatic rings. The Labute approximate surface area is 168 Å². The van der Waals surface area contributed by atoms with E-state index in [1.54, 1.807) is 0 Å². The molecule has 3 heterocycles. The Morgan fingerprint density at radius 1 is 1.19 bits per heavy atom. The fraction of sp³-hybridized carbons (Fsp3) is 0.750. The Balaban J connectivity index is 1.47. The average molecular weight is 394 g/mol. The van der Waals surface area contributed by atoms with Crippen LogP contribution < -0.4 is 10.6 Å². The highest BCUT2D eigenvalue weighted by Gasteiger charge is 2.23. The molecule has 7 heteroatoms. The molecule has 2 saturated heterocycles. The summed E-state index contributed by atoms with van der Waals surface area (Å²) in [6, 6.07) is 4.75. The van der Waals surface area contributed by atoms with Crippen molar-refractivity contribution < 1.29 is 4.74 Å². The van der Waals surface area contributed by atoms with Crippen molar-refractivity contribution in [1.29, 1.82) is 0 Å². The first-order valence-electron chi connectivity index (χ1n) is 10.3. The molecule has 2 aliphatic heterocycles. The van der Waals surface area contributed by atoms with Crippen LogP contribution in [0.5, 0.6) is 0 Å². The molecule has 2 unspecified atom stereocenters. The van der Waals surface area contributed by atoms with Gasteiger partial charge >= 0.3 is 0 Å².